The topological polar surface area (TPSA) is 11.4 Å². The van der Waals surface area contributed by atoms with Crippen LogP contribution in [0.4, 0.5) is 34.1 Å². The largest absolute Gasteiger partial charge is 0.310 e. The van der Waals surface area contributed by atoms with Gasteiger partial charge in [-0.15, -0.1) is 0 Å². The first kappa shape index (κ1) is 37.2. The summed E-state index contributed by atoms with van der Waals surface area (Å²) in [5.41, 5.74) is 21.2. The number of hydrogen-bond acceptors (Lipinski definition) is 2. The average molecular weight is 824 g/mol. The molecule has 0 unspecified atom stereocenters. The number of benzene rings is 9. The average Bonchev–Trinajstić information content (AvgIpc) is 3.75. The van der Waals surface area contributed by atoms with Crippen molar-refractivity contribution in [2.45, 2.75) is 57.8 Å². The second-order valence-electron chi connectivity index (χ2n) is 19.8. The summed E-state index contributed by atoms with van der Waals surface area (Å²) in [5.74, 6) is 0. The van der Waals surface area contributed by atoms with Crippen molar-refractivity contribution in [3.63, 3.8) is 0 Å². The van der Waals surface area contributed by atoms with Gasteiger partial charge in [0, 0.05) is 43.8 Å². The molecule has 0 fully saturated rings. The van der Waals surface area contributed by atoms with Gasteiger partial charge in [0.1, 0.15) is 0 Å². The predicted octanol–water partition coefficient (Wildman–Crippen LogP) is 16.5. The maximum absolute atomic E-state index is 2.54. The van der Waals surface area contributed by atoms with Crippen molar-refractivity contribution in [2.75, 3.05) is 9.80 Å². The quantitative estimate of drug-likeness (QED) is 0.176. The maximum atomic E-state index is 2.54. The van der Waals surface area contributed by atoms with Gasteiger partial charge in [0.25, 0.3) is 0 Å². The summed E-state index contributed by atoms with van der Waals surface area (Å²) < 4.78 is 2.53. The fraction of sp³-hybridized carbons (Fsp3) is 0.148. The number of aromatic nitrogens is 1. The van der Waals surface area contributed by atoms with E-state index < -0.39 is 0 Å². The number of fused-ring (bicyclic) bond motifs is 11. The highest BCUT2D eigenvalue weighted by Crippen LogP contribution is 2.57. The van der Waals surface area contributed by atoms with Crippen molar-refractivity contribution in [3.05, 3.63) is 221 Å². The van der Waals surface area contributed by atoms with E-state index in [1.54, 1.807) is 0 Å². The van der Waals surface area contributed by atoms with Crippen LogP contribution in [-0.2, 0) is 16.2 Å². The SMILES string of the molecule is CC1(C)c2cc(N3c4ccccc4C(C)(C)c4ccccc43)ccc2-c2cc3c(cc21)c1cc(N2c4ccccc4C(C)(C)c4ccccc42)ccc1n3-c1cccc2ccccc12. The van der Waals surface area contributed by atoms with Crippen molar-refractivity contribution in [3.8, 4) is 16.8 Å². The molecule has 0 radical (unpaired) electrons. The Morgan fingerprint density at radius 3 is 1.33 bits per heavy atom. The molecule has 1 aliphatic carbocycles. The second-order valence-corrected chi connectivity index (χ2v) is 19.8. The van der Waals surface area contributed by atoms with Crippen LogP contribution in [-0.4, -0.2) is 4.57 Å². The minimum atomic E-state index is -0.245. The first-order valence-electron chi connectivity index (χ1n) is 22.8. The number of nitrogens with zero attached hydrogens (tertiary/aromatic N) is 3. The van der Waals surface area contributed by atoms with Crippen LogP contribution in [0.2, 0.25) is 0 Å². The number of para-hydroxylation sites is 4. The second kappa shape index (κ2) is 12.9. The Bertz CT molecular complexity index is 3510. The van der Waals surface area contributed by atoms with Gasteiger partial charge < -0.3 is 14.4 Å². The van der Waals surface area contributed by atoms with Gasteiger partial charge in [-0.1, -0.05) is 157 Å². The molecule has 3 nitrogen and oxygen atoms in total. The molecule has 0 amide bonds. The lowest BCUT2D eigenvalue weighted by molar-refractivity contribution is 0.631. The van der Waals surface area contributed by atoms with E-state index in [-0.39, 0.29) is 16.2 Å². The van der Waals surface area contributed by atoms with E-state index in [4.69, 9.17) is 0 Å². The molecule has 10 aromatic rings. The van der Waals surface area contributed by atoms with E-state index in [0.29, 0.717) is 0 Å². The van der Waals surface area contributed by atoms with Gasteiger partial charge >= 0.3 is 0 Å². The van der Waals surface area contributed by atoms with Crippen LogP contribution >= 0.6 is 0 Å². The minimum absolute atomic E-state index is 0.111. The molecule has 0 spiro atoms. The molecular formula is C61H49N3. The Labute approximate surface area is 375 Å². The summed E-state index contributed by atoms with van der Waals surface area (Å²) in [6.45, 7) is 14.3. The van der Waals surface area contributed by atoms with Crippen LogP contribution in [0.15, 0.2) is 188 Å². The lowest BCUT2D eigenvalue weighted by atomic mass is 9.73. The van der Waals surface area contributed by atoms with Crippen LogP contribution in [0.5, 0.6) is 0 Å². The molecule has 0 saturated heterocycles. The number of hydrogen-bond donors (Lipinski definition) is 0. The molecule has 0 atom stereocenters. The monoisotopic (exact) mass is 823 g/mol. The summed E-state index contributed by atoms with van der Waals surface area (Å²) >= 11 is 0. The molecule has 3 heterocycles. The van der Waals surface area contributed by atoms with Gasteiger partial charge in [0.2, 0.25) is 0 Å². The molecule has 3 heteroatoms. The molecule has 1 aromatic heterocycles. The number of rotatable bonds is 3. The fourth-order valence-electron chi connectivity index (χ4n) is 12.1. The summed E-state index contributed by atoms with van der Waals surface area (Å²) in [6, 6.07) is 70.8. The van der Waals surface area contributed by atoms with Gasteiger partial charge in [0.15, 0.2) is 0 Å². The molecule has 2 aliphatic heterocycles. The lowest BCUT2D eigenvalue weighted by Gasteiger charge is -2.42. The van der Waals surface area contributed by atoms with E-state index >= 15 is 0 Å². The highest BCUT2D eigenvalue weighted by molar-refractivity contribution is 6.14. The van der Waals surface area contributed by atoms with Gasteiger partial charge in [0.05, 0.1) is 39.5 Å². The smallest absolute Gasteiger partial charge is 0.0547 e. The standard InChI is InChI=1S/C61H49N3/c1-59(2)46-21-9-13-25-54(46)62(55-26-14-10-22-47(55)59)39-31-33-53-44(34-39)45-36-51-43(37-58(45)64(53)52-29-17-19-38-18-7-8-20-41(38)52)42-32-30-40(35-50(42)61(51,5)6)63-56-27-15-11-23-48(56)60(3,4)49-24-12-16-28-57(49)63/h7-37H,1-6H3. The zero-order valence-electron chi connectivity index (χ0n) is 37.2. The van der Waals surface area contributed by atoms with Gasteiger partial charge in [-0.3, -0.25) is 0 Å². The zero-order chi connectivity index (χ0) is 43.3. The molecule has 13 rings (SSSR count). The van der Waals surface area contributed by atoms with Gasteiger partial charge in [-0.05, 0) is 123 Å². The van der Waals surface area contributed by atoms with Crippen LogP contribution < -0.4 is 9.80 Å². The zero-order valence-corrected chi connectivity index (χ0v) is 37.2. The third-order valence-electron chi connectivity index (χ3n) is 15.3. The predicted molar refractivity (Wildman–Crippen MR) is 269 cm³/mol. The highest BCUT2D eigenvalue weighted by Gasteiger charge is 2.41. The van der Waals surface area contributed by atoms with Crippen LogP contribution in [0.3, 0.4) is 0 Å². The van der Waals surface area contributed by atoms with E-state index in [0.717, 1.165) is 5.69 Å². The van der Waals surface area contributed by atoms with Crippen molar-refractivity contribution in [1.82, 2.24) is 4.57 Å². The van der Waals surface area contributed by atoms with E-state index in [1.807, 2.05) is 0 Å². The van der Waals surface area contributed by atoms with Gasteiger partial charge in [-0.25, -0.2) is 0 Å². The summed E-state index contributed by atoms with van der Waals surface area (Å²) in [6.07, 6.45) is 0. The lowest BCUT2D eigenvalue weighted by Crippen LogP contribution is -2.30. The Hall–Kier alpha value is -7.36. The normalized spacial score (nSPS) is 16.0. The summed E-state index contributed by atoms with van der Waals surface area (Å²) in [7, 11) is 0. The molecule has 64 heavy (non-hydrogen) atoms. The van der Waals surface area contributed by atoms with Crippen molar-refractivity contribution in [1.29, 1.82) is 0 Å². The summed E-state index contributed by atoms with van der Waals surface area (Å²) in [4.78, 5) is 4.98. The Morgan fingerprint density at radius 2 is 0.734 bits per heavy atom. The fourth-order valence-corrected chi connectivity index (χ4v) is 12.1. The Kier molecular flexibility index (Phi) is 7.48. The Morgan fingerprint density at radius 1 is 0.297 bits per heavy atom. The van der Waals surface area contributed by atoms with Crippen molar-refractivity contribution in [2.24, 2.45) is 0 Å². The molecule has 0 N–H and O–H groups in total. The maximum Gasteiger partial charge on any atom is 0.0547 e. The summed E-state index contributed by atoms with van der Waals surface area (Å²) in [5, 5.41) is 5.00. The number of anilines is 6. The van der Waals surface area contributed by atoms with Crippen LogP contribution in [0, 0.1) is 0 Å². The highest BCUT2D eigenvalue weighted by atomic mass is 15.2. The molecule has 0 bridgehead atoms. The van der Waals surface area contributed by atoms with Crippen LogP contribution in [0.1, 0.15) is 74.9 Å². The third kappa shape index (κ3) is 4.87. The first-order chi connectivity index (χ1) is 31.0. The molecule has 9 aromatic carbocycles. The third-order valence-corrected chi connectivity index (χ3v) is 15.3. The van der Waals surface area contributed by atoms with Crippen molar-refractivity contribution < 1.29 is 0 Å². The van der Waals surface area contributed by atoms with Crippen molar-refractivity contribution >= 4 is 66.7 Å². The van der Waals surface area contributed by atoms with E-state index in [1.165, 1.54) is 111 Å². The molecule has 0 saturated carbocycles. The molecular weight excluding hydrogens is 775 g/mol. The van der Waals surface area contributed by atoms with E-state index in [2.05, 4.69) is 244 Å². The van der Waals surface area contributed by atoms with E-state index in [9.17, 15) is 0 Å². The Balaban J connectivity index is 1.05. The molecule has 3 aliphatic rings. The van der Waals surface area contributed by atoms with Crippen LogP contribution in [0.25, 0.3) is 49.4 Å². The first-order valence-corrected chi connectivity index (χ1v) is 22.8. The molecule has 308 valence electrons. The van der Waals surface area contributed by atoms with Gasteiger partial charge in [-0.2, -0.15) is 0 Å². The minimum Gasteiger partial charge on any atom is -0.310 e.